The van der Waals surface area contributed by atoms with Crippen molar-refractivity contribution >= 4 is 5.69 Å². The van der Waals surface area contributed by atoms with Crippen LogP contribution in [0.5, 0.6) is 0 Å². The number of rotatable bonds is 2. The highest BCUT2D eigenvalue weighted by Gasteiger charge is 2.19. The van der Waals surface area contributed by atoms with E-state index in [9.17, 15) is 0 Å². The second-order valence-electron chi connectivity index (χ2n) is 6.11. The number of hydrogen-bond acceptors (Lipinski definition) is 1. The molecule has 0 radical (unpaired) electrons. The Morgan fingerprint density at radius 1 is 0.900 bits per heavy atom. The fourth-order valence-electron chi connectivity index (χ4n) is 3.46. The number of hydrogen-bond donors (Lipinski definition) is 1. The van der Waals surface area contributed by atoms with Gasteiger partial charge in [-0.3, -0.25) is 0 Å². The second-order valence-corrected chi connectivity index (χ2v) is 6.11. The van der Waals surface area contributed by atoms with Gasteiger partial charge < -0.3 is 5.32 Å². The average Bonchev–Trinajstić information content (AvgIpc) is 2.46. The molecular formula is C19H21N. The lowest BCUT2D eigenvalue weighted by Gasteiger charge is -2.26. The zero-order valence-electron chi connectivity index (χ0n) is 11.9. The highest BCUT2D eigenvalue weighted by molar-refractivity contribution is 5.74. The van der Waals surface area contributed by atoms with Crippen LogP contribution in [-0.2, 0) is 6.42 Å². The van der Waals surface area contributed by atoms with Gasteiger partial charge in [0, 0.05) is 12.2 Å². The molecule has 1 nitrogen and oxygen atoms in total. The highest BCUT2D eigenvalue weighted by atomic mass is 14.9. The molecule has 0 saturated heterocycles. The van der Waals surface area contributed by atoms with E-state index < -0.39 is 0 Å². The summed E-state index contributed by atoms with van der Waals surface area (Å²) in [5, 5.41) is 3.52. The molecule has 102 valence electrons. The maximum atomic E-state index is 3.52. The summed E-state index contributed by atoms with van der Waals surface area (Å²) < 4.78 is 0. The number of benzene rings is 2. The van der Waals surface area contributed by atoms with Crippen molar-refractivity contribution in [1.82, 2.24) is 0 Å². The molecule has 2 aliphatic rings. The number of fused-ring (bicyclic) bond motifs is 1. The first-order valence-electron chi connectivity index (χ1n) is 7.88. The fraction of sp³-hybridized carbons (Fsp3) is 0.368. The highest BCUT2D eigenvalue weighted by Crippen LogP contribution is 2.38. The minimum atomic E-state index is 0.829. The summed E-state index contributed by atoms with van der Waals surface area (Å²) in [5.41, 5.74) is 7.14. The van der Waals surface area contributed by atoms with Crippen molar-refractivity contribution in [1.29, 1.82) is 0 Å². The Bertz CT molecular complexity index is 608. The van der Waals surface area contributed by atoms with E-state index in [1.807, 2.05) is 0 Å². The molecule has 0 atom stereocenters. The lowest BCUT2D eigenvalue weighted by molar-refractivity contribution is 0.420. The zero-order chi connectivity index (χ0) is 13.4. The molecular weight excluding hydrogens is 242 g/mol. The van der Waals surface area contributed by atoms with Crippen LogP contribution in [0, 0.1) is 0 Å². The van der Waals surface area contributed by atoms with Crippen molar-refractivity contribution in [3.63, 3.8) is 0 Å². The van der Waals surface area contributed by atoms with Gasteiger partial charge in [-0.1, -0.05) is 42.8 Å². The van der Waals surface area contributed by atoms with Crippen molar-refractivity contribution in [2.24, 2.45) is 0 Å². The lowest BCUT2D eigenvalue weighted by atomic mass is 9.79. The Morgan fingerprint density at radius 2 is 1.75 bits per heavy atom. The van der Waals surface area contributed by atoms with Gasteiger partial charge in [0.1, 0.15) is 0 Å². The minimum Gasteiger partial charge on any atom is -0.385 e. The molecule has 20 heavy (non-hydrogen) atoms. The first kappa shape index (κ1) is 12.0. The quantitative estimate of drug-likeness (QED) is 0.805. The third-order valence-corrected chi connectivity index (χ3v) is 4.89. The maximum absolute atomic E-state index is 3.52. The topological polar surface area (TPSA) is 12.0 Å². The molecule has 0 aromatic heterocycles. The summed E-state index contributed by atoms with van der Waals surface area (Å²) in [6, 6.07) is 16.0. The molecule has 2 aromatic rings. The van der Waals surface area contributed by atoms with Gasteiger partial charge in [0.05, 0.1) is 0 Å². The molecule has 0 amide bonds. The van der Waals surface area contributed by atoms with E-state index in [2.05, 4.69) is 47.8 Å². The van der Waals surface area contributed by atoms with Crippen LogP contribution in [0.25, 0.3) is 11.1 Å². The third-order valence-electron chi connectivity index (χ3n) is 4.89. The van der Waals surface area contributed by atoms with E-state index in [1.165, 1.54) is 60.0 Å². The van der Waals surface area contributed by atoms with E-state index in [0.717, 1.165) is 12.5 Å². The molecule has 1 N–H and O–H groups in total. The molecule has 1 heterocycles. The summed E-state index contributed by atoms with van der Waals surface area (Å²) >= 11 is 0. The number of nitrogens with one attached hydrogen (secondary N) is 1. The SMILES string of the molecule is c1cc2c(c(-c3ccc(C4CCC4)cc3)c1)CCCN2. The van der Waals surface area contributed by atoms with Gasteiger partial charge in [-0.25, -0.2) is 0 Å². The van der Waals surface area contributed by atoms with E-state index in [1.54, 1.807) is 0 Å². The van der Waals surface area contributed by atoms with Crippen LogP contribution < -0.4 is 5.32 Å². The van der Waals surface area contributed by atoms with Crippen molar-refractivity contribution in [2.75, 3.05) is 11.9 Å². The number of anilines is 1. The van der Waals surface area contributed by atoms with Gasteiger partial charge in [0.15, 0.2) is 0 Å². The molecule has 1 saturated carbocycles. The Kier molecular flexibility index (Phi) is 2.99. The van der Waals surface area contributed by atoms with Crippen molar-refractivity contribution in [3.05, 3.63) is 53.6 Å². The second kappa shape index (κ2) is 4.97. The summed E-state index contributed by atoms with van der Waals surface area (Å²) in [4.78, 5) is 0. The molecule has 1 aliphatic carbocycles. The van der Waals surface area contributed by atoms with Crippen molar-refractivity contribution < 1.29 is 0 Å². The van der Waals surface area contributed by atoms with Gasteiger partial charge in [-0.15, -0.1) is 0 Å². The van der Waals surface area contributed by atoms with E-state index in [0.29, 0.717) is 0 Å². The molecule has 1 heteroatoms. The molecule has 0 unspecified atom stereocenters. The normalized spacial score (nSPS) is 18.0. The van der Waals surface area contributed by atoms with Crippen LogP contribution in [0.4, 0.5) is 5.69 Å². The van der Waals surface area contributed by atoms with Crippen LogP contribution >= 0.6 is 0 Å². The van der Waals surface area contributed by atoms with E-state index in [-0.39, 0.29) is 0 Å². The molecule has 2 aromatic carbocycles. The van der Waals surface area contributed by atoms with E-state index >= 15 is 0 Å². The smallest absolute Gasteiger partial charge is 0.0378 e. The molecule has 0 spiro atoms. The van der Waals surface area contributed by atoms with Gasteiger partial charge in [0.2, 0.25) is 0 Å². The largest absolute Gasteiger partial charge is 0.385 e. The molecule has 1 aliphatic heterocycles. The predicted octanol–water partition coefficient (Wildman–Crippen LogP) is 4.98. The molecule has 0 bridgehead atoms. The Morgan fingerprint density at radius 3 is 2.50 bits per heavy atom. The zero-order valence-corrected chi connectivity index (χ0v) is 11.9. The monoisotopic (exact) mass is 263 g/mol. The van der Waals surface area contributed by atoms with E-state index in [4.69, 9.17) is 0 Å². The van der Waals surface area contributed by atoms with Crippen LogP contribution in [0.2, 0.25) is 0 Å². The first-order chi connectivity index (χ1) is 9.92. The lowest BCUT2D eigenvalue weighted by Crippen LogP contribution is -2.12. The predicted molar refractivity (Wildman–Crippen MR) is 85.3 cm³/mol. The third kappa shape index (κ3) is 2.02. The summed E-state index contributed by atoms with van der Waals surface area (Å²) in [7, 11) is 0. The van der Waals surface area contributed by atoms with Crippen LogP contribution in [0.1, 0.15) is 42.7 Å². The van der Waals surface area contributed by atoms with Crippen LogP contribution in [-0.4, -0.2) is 6.54 Å². The average molecular weight is 263 g/mol. The Hall–Kier alpha value is -1.76. The van der Waals surface area contributed by atoms with Crippen molar-refractivity contribution in [2.45, 2.75) is 38.0 Å². The minimum absolute atomic E-state index is 0.829. The maximum Gasteiger partial charge on any atom is 0.0378 e. The van der Waals surface area contributed by atoms with Crippen molar-refractivity contribution in [3.8, 4) is 11.1 Å². The summed E-state index contributed by atoms with van der Waals surface area (Å²) in [6.07, 6.45) is 6.60. The van der Waals surface area contributed by atoms with Gasteiger partial charge in [-0.05, 0) is 59.9 Å². The van der Waals surface area contributed by atoms with Crippen LogP contribution in [0.3, 0.4) is 0 Å². The van der Waals surface area contributed by atoms with Gasteiger partial charge in [-0.2, -0.15) is 0 Å². The van der Waals surface area contributed by atoms with Crippen LogP contribution in [0.15, 0.2) is 42.5 Å². The van der Waals surface area contributed by atoms with Gasteiger partial charge >= 0.3 is 0 Å². The fourth-order valence-corrected chi connectivity index (χ4v) is 3.46. The van der Waals surface area contributed by atoms with Gasteiger partial charge in [0.25, 0.3) is 0 Å². The standard InChI is InChI=1S/C19H21N/c1-4-14(5-1)15-9-11-16(12-10-15)17-6-2-8-19-18(17)7-3-13-20-19/h2,6,8-12,14,20H,1,3-5,7,13H2. The Balaban J connectivity index is 1.70. The summed E-state index contributed by atoms with van der Waals surface area (Å²) in [5.74, 6) is 0.829. The molecule has 1 fully saturated rings. The Labute approximate surface area is 121 Å². The molecule has 4 rings (SSSR count). The first-order valence-corrected chi connectivity index (χ1v) is 7.88. The summed E-state index contributed by atoms with van der Waals surface area (Å²) in [6.45, 7) is 1.11.